The summed E-state index contributed by atoms with van der Waals surface area (Å²) in [6.07, 6.45) is 6.22. The molecular weight excluding hydrogens is 532 g/mol. The molecule has 42 heavy (non-hydrogen) atoms. The number of aromatic nitrogens is 2. The average Bonchev–Trinajstić information content (AvgIpc) is 3.55. The van der Waals surface area contributed by atoms with E-state index < -0.39 is 11.8 Å². The number of hydrogen-bond acceptors (Lipinski definition) is 5. The van der Waals surface area contributed by atoms with Crippen LogP contribution in [0.25, 0.3) is 27.9 Å². The number of carbonyl (C=O) groups is 2. The molecule has 5 aromatic rings. The first-order valence-corrected chi connectivity index (χ1v) is 13.5. The largest absolute Gasteiger partial charge is 0.493 e. The van der Waals surface area contributed by atoms with E-state index in [-0.39, 0.29) is 11.3 Å². The molecule has 0 aliphatic rings. The van der Waals surface area contributed by atoms with Gasteiger partial charge in [0, 0.05) is 58.9 Å². The summed E-state index contributed by atoms with van der Waals surface area (Å²) in [6.45, 7) is 2.44. The Morgan fingerprint density at radius 3 is 2.40 bits per heavy atom. The normalized spacial score (nSPS) is 11.5. The van der Waals surface area contributed by atoms with Crippen LogP contribution in [0.2, 0.25) is 0 Å². The van der Waals surface area contributed by atoms with E-state index in [4.69, 9.17) is 14.2 Å². The lowest BCUT2D eigenvalue weighted by molar-refractivity contribution is -0.117. The van der Waals surface area contributed by atoms with Crippen LogP contribution in [0, 0.1) is 6.92 Å². The Hall–Kier alpha value is -5.18. The van der Waals surface area contributed by atoms with Crippen LogP contribution < -0.4 is 24.8 Å². The lowest BCUT2D eigenvalue weighted by Crippen LogP contribution is -2.35. The van der Waals surface area contributed by atoms with Crippen molar-refractivity contribution in [3.8, 4) is 17.2 Å². The molecule has 0 bridgehead atoms. The van der Waals surface area contributed by atoms with Crippen LogP contribution in [0.4, 0.5) is 0 Å². The number of amides is 2. The fourth-order valence-electron chi connectivity index (χ4n) is 5.11. The number of H-pyrrole nitrogens is 1. The summed E-state index contributed by atoms with van der Waals surface area (Å²) in [6, 6.07) is 17.2. The summed E-state index contributed by atoms with van der Waals surface area (Å²) in [5, 5.41) is 7.89. The minimum absolute atomic E-state index is 0.111. The van der Waals surface area contributed by atoms with Crippen LogP contribution in [-0.2, 0) is 18.3 Å². The first-order chi connectivity index (χ1) is 20.3. The molecule has 2 heterocycles. The van der Waals surface area contributed by atoms with E-state index in [9.17, 15) is 9.59 Å². The number of nitrogens with zero attached hydrogens (tertiary/aromatic N) is 1. The van der Waals surface area contributed by atoms with Gasteiger partial charge in [0.15, 0.2) is 11.5 Å². The number of aromatic amines is 1. The van der Waals surface area contributed by atoms with Crippen molar-refractivity contribution in [2.24, 2.45) is 7.05 Å². The number of aryl methyl sites for hydroxylation is 2. The van der Waals surface area contributed by atoms with E-state index in [1.165, 1.54) is 26.9 Å². The molecular formula is C33H34N4O5. The van der Waals surface area contributed by atoms with E-state index in [2.05, 4.69) is 40.7 Å². The van der Waals surface area contributed by atoms with Crippen LogP contribution >= 0.6 is 0 Å². The number of rotatable bonds is 10. The van der Waals surface area contributed by atoms with Gasteiger partial charge in [-0.3, -0.25) is 9.59 Å². The standard InChI is InChI=1S/C33H34N4O5/c1-20-10-11-26-25(14-20)21(18-35-26)12-13-34-33(39)27(15-23-19-37(2)28-9-7-6-8-24(23)28)36-32(38)22-16-29(40-3)31(42-5)30(17-22)41-4/h6-11,14-19,35H,12-13H2,1-5H3,(H,34,39)(H,36,38). The third-order valence-electron chi connectivity index (χ3n) is 7.25. The van der Waals surface area contributed by atoms with Crippen molar-refractivity contribution in [2.75, 3.05) is 27.9 Å². The van der Waals surface area contributed by atoms with Crippen molar-refractivity contribution < 1.29 is 23.8 Å². The zero-order chi connectivity index (χ0) is 29.8. The van der Waals surface area contributed by atoms with Crippen LogP contribution in [0.3, 0.4) is 0 Å². The highest BCUT2D eigenvalue weighted by molar-refractivity contribution is 6.07. The predicted octanol–water partition coefficient (Wildman–Crippen LogP) is 5.12. The fourth-order valence-corrected chi connectivity index (χ4v) is 5.11. The molecule has 9 nitrogen and oxygen atoms in total. The van der Waals surface area contributed by atoms with Gasteiger partial charge in [0.1, 0.15) is 5.70 Å². The van der Waals surface area contributed by atoms with Gasteiger partial charge in [-0.15, -0.1) is 0 Å². The number of benzene rings is 3. The van der Waals surface area contributed by atoms with Crippen molar-refractivity contribution >= 4 is 39.7 Å². The minimum Gasteiger partial charge on any atom is -0.493 e. The predicted molar refractivity (Wildman–Crippen MR) is 164 cm³/mol. The molecule has 3 N–H and O–H groups in total. The maximum Gasteiger partial charge on any atom is 0.267 e. The summed E-state index contributed by atoms with van der Waals surface area (Å²) in [5.74, 6) is 0.135. The maximum absolute atomic E-state index is 13.6. The molecule has 0 unspecified atom stereocenters. The van der Waals surface area contributed by atoms with Crippen LogP contribution in [0.5, 0.6) is 17.2 Å². The topological polar surface area (TPSA) is 107 Å². The van der Waals surface area contributed by atoms with Gasteiger partial charge in [-0.05, 0) is 55.3 Å². The summed E-state index contributed by atoms with van der Waals surface area (Å²) in [7, 11) is 6.39. The van der Waals surface area contributed by atoms with Gasteiger partial charge in [0.05, 0.1) is 21.3 Å². The van der Waals surface area contributed by atoms with Gasteiger partial charge >= 0.3 is 0 Å². The molecule has 0 fully saturated rings. The van der Waals surface area contributed by atoms with E-state index in [0.717, 1.165) is 32.9 Å². The number of hydrogen-bond donors (Lipinski definition) is 3. The molecule has 0 aliphatic carbocycles. The Morgan fingerprint density at radius 2 is 1.69 bits per heavy atom. The van der Waals surface area contributed by atoms with Gasteiger partial charge in [-0.1, -0.05) is 29.8 Å². The molecule has 3 aromatic carbocycles. The minimum atomic E-state index is -0.497. The molecule has 5 rings (SSSR count). The summed E-state index contributed by atoms with van der Waals surface area (Å²) >= 11 is 0. The number of ether oxygens (including phenoxy) is 3. The molecule has 0 aliphatic heterocycles. The van der Waals surface area contributed by atoms with Crippen LogP contribution in [-0.4, -0.2) is 49.2 Å². The third-order valence-corrected chi connectivity index (χ3v) is 7.25. The highest BCUT2D eigenvalue weighted by atomic mass is 16.5. The van der Waals surface area contributed by atoms with E-state index >= 15 is 0 Å². The second-order valence-corrected chi connectivity index (χ2v) is 10.0. The van der Waals surface area contributed by atoms with Crippen molar-refractivity contribution in [1.82, 2.24) is 20.2 Å². The second kappa shape index (κ2) is 12.1. The highest BCUT2D eigenvalue weighted by Gasteiger charge is 2.20. The highest BCUT2D eigenvalue weighted by Crippen LogP contribution is 2.38. The Labute approximate surface area is 244 Å². The summed E-state index contributed by atoms with van der Waals surface area (Å²) < 4.78 is 18.2. The molecule has 2 aromatic heterocycles. The average molecular weight is 567 g/mol. The molecule has 0 radical (unpaired) electrons. The summed E-state index contributed by atoms with van der Waals surface area (Å²) in [4.78, 5) is 30.4. The van der Waals surface area contributed by atoms with E-state index in [1.807, 2.05) is 48.3 Å². The monoisotopic (exact) mass is 566 g/mol. The van der Waals surface area contributed by atoms with Crippen LogP contribution in [0.15, 0.2) is 72.7 Å². The van der Waals surface area contributed by atoms with Gasteiger partial charge in [0.25, 0.3) is 11.8 Å². The van der Waals surface area contributed by atoms with Gasteiger partial charge in [-0.25, -0.2) is 0 Å². The zero-order valence-electron chi connectivity index (χ0n) is 24.3. The first-order valence-electron chi connectivity index (χ1n) is 13.5. The zero-order valence-corrected chi connectivity index (χ0v) is 24.3. The van der Waals surface area contributed by atoms with Crippen molar-refractivity contribution in [3.63, 3.8) is 0 Å². The van der Waals surface area contributed by atoms with Gasteiger partial charge in [0.2, 0.25) is 5.75 Å². The molecule has 0 saturated carbocycles. The second-order valence-electron chi connectivity index (χ2n) is 10.0. The van der Waals surface area contributed by atoms with E-state index in [1.54, 1.807) is 18.2 Å². The number of fused-ring (bicyclic) bond motifs is 2. The number of carbonyl (C=O) groups excluding carboxylic acids is 2. The van der Waals surface area contributed by atoms with Gasteiger partial charge in [-0.2, -0.15) is 0 Å². The smallest absolute Gasteiger partial charge is 0.267 e. The quantitative estimate of drug-likeness (QED) is 0.203. The molecule has 0 saturated heterocycles. The third kappa shape index (κ3) is 5.67. The van der Waals surface area contributed by atoms with Crippen molar-refractivity contribution in [2.45, 2.75) is 13.3 Å². The number of nitrogens with one attached hydrogen (secondary N) is 3. The fraction of sp³-hybridized carbons (Fsp3) is 0.212. The first kappa shape index (κ1) is 28.4. The van der Waals surface area contributed by atoms with Gasteiger partial charge < -0.3 is 34.4 Å². The molecule has 216 valence electrons. The lowest BCUT2D eigenvalue weighted by atomic mass is 10.1. The molecule has 2 amide bonds. The Kier molecular flexibility index (Phi) is 8.19. The van der Waals surface area contributed by atoms with Crippen LogP contribution in [0.1, 0.15) is 27.0 Å². The Bertz CT molecular complexity index is 1790. The Morgan fingerprint density at radius 1 is 0.952 bits per heavy atom. The van der Waals surface area contributed by atoms with E-state index in [0.29, 0.717) is 30.2 Å². The summed E-state index contributed by atoms with van der Waals surface area (Å²) in [5.41, 5.74) is 5.49. The molecule has 0 atom stereocenters. The maximum atomic E-state index is 13.6. The molecule has 9 heteroatoms. The number of para-hydroxylation sites is 1. The lowest BCUT2D eigenvalue weighted by Gasteiger charge is -2.15. The van der Waals surface area contributed by atoms with Crippen molar-refractivity contribution in [3.05, 3.63) is 94.9 Å². The SMILES string of the molecule is COc1cc(C(=O)NC(=Cc2cn(C)c3ccccc23)C(=O)NCCc2c[nH]c3ccc(C)cc23)cc(OC)c1OC. The van der Waals surface area contributed by atoms with Crippen molar-refractivity contribution in [1.29, 1.82) is 0 Å². The molecule has 0 spiro atoms. The number of methoxy groups -OCH3 is 3. The Balaban J connectivity index is 1.43.